The molecule has 9 amide bonds. The van der Waals surface area contributed by atoms with E-state index in [-0.39, 0.29) is 74.4 Å². The van der Waals surface area contributed by atoms with Crippen LogP contribution in [0, 0.1) is 0 Å². The van der Waals surface area contributed by atoms with Gasteiger partial charge in [-0.25, -0.2) is 14.4 Å². The molecule has 0 spiro atoms. The number of imide groups is 3. The molecule has 312 valence electrons. The molecule has 58 heavy (non-hydrogen) atoms. The van der Waals surface area contributed by atoms with E-state index in [1.807, 2.05) is 67.7 Å². The van der Waals surface area contributed by atoms with Crippen LogP contribution in [0.4, 0.5) is 19.2 Å². The van der Waals surface area contributed by atoms with Crippen molar-refractivity contribution >= 4 is 59.9 Å². The number of carbonyl (C=O) groups is 10. The molecule has 0 bridgehead atoms. The number of carbonyl (C=O) groups excluding carboxylic acids is 10. The van der Waals surface area contributed by atoms with E-state index in [4.69, 9.17) is 14.3 Å². The highest BCUT2D eigenvalue weighted by Gasteiger charge is 2.38. The molecule has 0 aromatic heterocycles. The van der Waals surface area contributed by atoms with Gasteiger partial charge in [0.1, 0.15) is 13.2 Å². The largest absolute Gasteiger partial charge is 0.560 e. The van der Waals surface area contributed by atoms with Crippen LogP contribution in [0.5, 0.6) is 0 Å². The van der Waals surface area contributed by atoms with Crippen LogP contribution in [-0.2, 0) is 66.0 Å². The van der Waals surface area contributed by atoms with Gasteiger partial charge in [0.2, 0.25) is 0 Å². The lowest BCUT2D eigenvalue weighted by atomic mass is 10.2. The molecule has 3 N–H and O–H groups in total. The topological polar surface area (TPSA) is 266 Å². The lowest BCUT2D eigenvalue weighted by Gasteiger charge is -2.19. The lowest BCUT2D eigenvalue weighted by Crippen LogP contribution is -2.41. The highest BCUT2D eigenvalue weighted by molar-refractivity contribution is 6.03. The normalized spacial score (nSPS) is 14.5. The molecule has 0 saturated carbocycles. The van der Waals surface area contributed by atoms with E-state index in [1.165, 1.54) is 7.05 Å². The summed E-state index contributed by atoms with van der Waals surface area (Å²) in [5.41, 5.74) is 1.85. The molecule has 2 aromatic carbocycles. The van der Waals surface area contributed by atoms with Crippen LogP contribution >= 0.6 is 0 Å². The monoisotopic (exact) mass is 813 g/mol. The maximum absolute atomic E-state index is 11.8. The number of hydrogen-bond donors (Lipinski definition) is 3. The zero-order valence-electron chi connectivity index (χ0n) is 31.7. The number of amides is 9. The highest BCUT2D eigenvalue weighted by atomic mass is 16.9. The predicted molar refractivity (Wildman–Crippen MR) is 193 cm³/mol. The fourth-order valence-corrected chi connectivity index (χ4v) is 4.54. The Kier molecular flexibility index (Phi) is 18.5. The molecule has 3 heterocycles. The Bertz CT molecular complexity index is 1710. The van der Waals surface area contributed by atoms with E-state index in [2.05, 4.69) is 25.6 Å². The number of nitrogens with one attached hydrogen (secondary N) is 3. The molecule has 0 unspecified atom stereocenters. The minimum absolute atomic E-state index is 0.0324. The number of ether oxygens (including phenoxy) is 2. The summed E-state index contributed by atoms with van der Waals surface area (Å²) in [6.45, 7) is 2.01. The molecule has 3 saturated heterocycles. The Balaban J connectivity index is 0.000000242. The summed E-state index contributed by atoms with van der Waals surface area (Å²) in [6.07, 6.45) is -3.52. The molecule has 3 aliphatic heterocycles. The summed E-state index contributed by atoms with van der Waals surface area (Å²) in [5, 5.41) is 9.04. The van der Waals surface area contributed by atoms with E-state index in [1.54, 1.807) is 0 Å². The van der Waals surface area contributed by atoms with Crippen molar-refractivity contribution in [1.82, 2.24) is 36.0 Å². The molecule has 0 aliphatic carbocycles. The quantitative estimate of drug-likeness (QED) is 0.191. The van der Waals surface area contributed by atoms with Crippen molar-refractivity contribution in [2.45, 2.75) is 51.7 Å². The summed E-state index contributed by atoms with van der Waals surface area (Å²) >= 11 is 0. The van der Waals surface area contributed by atoms with E-state index >= 15 is 0 Å². The van der Waals surface area contributed by atoms with E-state index < -0.39 is 53.8 Å². The molecular formula is C36H43N7O15. The first-order valence-electron chi connectivity index (χ1n) is 17.7. The third-order valence-corrected chi connectivity index (χ3v) is 7.62. The van der Waals surface area contributed by atoms with Crippen molar-refractivity contribution in [3.05, 3.63) is 71.8 Å². The molecule has 3 aliphatic rings. The van der Waals surface area contributed by atoms with Crippen LogP contribution in [0.1, 0.15) is 49.7 Å². The molecule has 5 rings (SSSR count). The SMILES string of the molecule is CN(CCNC(=O)OCc1ccccc1)C(=O)ON1C(=O)CCC1=O.CNCCNC(=O)OCc1ccccc1.O=C(ON1C(=O)CCC1=O)ON1C(=O)CCC1=O. The summed E-state index contributed by atoms with van der Waals surface area (Å²) in [5.74, 6) is -3.83. The first-order chi connectivity index (χ1) is 27.8. The van der Waals surface area contributed by atoms with Crippen LogP contribution in [0.3, 0.4) is 0 Å². The van der Waals surface area contributed by atoms with Crippen molar-refractivity contribution in [3.63, 3.8) is 0 Å². The summed E-state index contributed by atoms with van der Waals surface area (Å²) in [4.78, 5) is 127. The van der Waals surface area contributed by atoms with Gasteiger partial charge in [-0.15, -0.1) is 5.06 Å². The number of hydrogen-bond acceptors (Lipinski definition) is 16. The van der Waals surface area contributed by atoms with Crippen LogP contribution in [0.2, 0.25) is 0 Å². The zero-order valence-corrected chi connectivity index (χ0v) is 31.7. The smallest absolute Gasteiger partial charge is 0.445 e. The fraction of sp³-hybridized carbons (Fsp3) is 0.389. The van der Waals surface area contributed by atoms with Gasteiger partial charge in [-0.2, -0.15) is 4.79 Å². The Morgan fingerprint density at radius 3 is 1.29 bits per heavy atom. The van der Waals surface area contributed by atoms with Crippen molar-refractivity contribution < 1.29 is 71.9 Å². The zero-order chi connectivity index (χ0) is 42.5. The number of hydroxylamine groups is 6. The van der Waals surface area contributed by atoms with Gasteiger partial charge in [0, 0.05) is 71.8 Å². The first kappa shape index (κ1) is 45.3. The van der Waals surface area contributed by atoms with Crippen LogP contribution in [-0.4, -0.2) is 120 Å². The maximum atomic E-state index is 11.8. The highest BCUT2D eigenvalue weighted by Crippen LogP contribution is 2.16. The number of rotatable bonds is 13. The van der Waals surface area contributed by atoms with Gasteiger partial charge < -0.3 is 35.2 Å². The molecule has 0 atom stereocenters. The molecule has 3 fully saturated rings. The third-order valence-electron chi connectivity index (χ3n) is 7.62. The van der Waals surface area contributed by atoms with Gasteiger partial charge in [0.25, 0.3) is 35.4 Å². The Hall–Kier alpha value is -7.10. The first-order valence-corrected chi connectivity index (χ1v) is 17.7. The summed E-state index contributed by atoms with van der Waals surface area (Å²) < 4.78 is 10.0. The van der Waals surface area contributed by atoms with Gasteiger partial charge >= 0.3 is 24.4 Å². The second-order valence-corrected chi connectivity index (χ2v) is 12.0. The van der Waals surface area contributed by atoms with Gasteiger partial charge in [-0.05, 0) is 18.2 Å². The number of alkyl carbamates (subject to hydrolysis) is 2. The molecule has 2 aromatic rings. The summed E-state index contributed by atoms with van der Waals surface area (Å²) in [7, 11) is 3.25. The molecular weight excluding hydrogens is 770 g/mol. The van der Waals surface area contributed by atoms with E-state index in [0.717, 1.165) is 22.6 Å². The van der Waals surface area contributed by atoms with Crippen molar-refractivity contribution in [3.8, 4) is 0 Å². The standard InChI is InChI=1S/C16H19N3O6.C11H16N2O2.C9H8N2O7/c1-18(16(23)25-19-13(20)7-8-14(19)21)10-9-17-15(22)24-11-12-5-3-2-4-6-12;1-12-7-8-13-11(14)15-9-10-5-3-2-4-6-10;12-5-1-2-6(13)10(5)17-9(16)18-11-7(14)3-4-8(11)15/h2-6H,7-11H2,1H3,(H,17,22);2-6,12H,7-9H2,1H3,(H,13,14);1-4H2. The minimum Gasteiger partial charge on any atom is -0.445 e. The third kappa shape index (κ3) is 15.6. The lowest BCUT2D eigenvalue weighted by molar-refractivity contribution is -0.198. The van der Waals surface area contributed by atoms with Gasteiger partial charge in [-0.1, -0.05) is 70.8 Å². The van der Waals surface area contributed by atoms with Gasteiger partial charge in [0.15, 0.2) is 0 Å². The van der Waals surface area contributed by atoms with Crippen LogP contribution < -0.4 is 16.0 Å². The number of benzene rings is 2. The van der Waals surface area contributed by atoms with Gasteiger partial charge in [0.05, 0.1) is 0 Å². The van der Waals surface area contributed by atoms with Crippen molar-refractivity contribution in [2.24, 2.45) is 0 Å². The van der Waals surface area contributed by atoms with Crippen LogP contribution in [0.15, 0.2) is 60.7 Å². The Labute approximate surface area is 331 Å². The molecule has 0 radical (unpaired) electrons. The summed E-state index contributed by atoms with van der Waals surface area (Å²) in [6, 6.07) is 18.8. The average Bonchev–Trinajstić information content (AvgIpc) is 3.83. The molecule has 22 heteroatoms. The maximum Gasteiger partial charge on any atom is 0.560 e. The second-order valence-electron chi connectivity index (χ2n) is 12.0. The molecule has 22 nitrogen and oxygen atoms in total. The predicted octanol–water partition coefficient (Wildman–Crippen LogP) is 1.45. The van der Waals surface area contributed by atoms with Crippen LogP contribution in [0.25, 0.3) is 0 Å². The van der Waals surface area contributed by atoms with Crippen molar-refractivity contribution in [1.29, 1.82) is 0 Å². The number of nitrogens with zero attached hydrogens (tertiary/aromatic N) is 4. The minimum atomic E-state index is -1.48. The second kappa shape index (κ2) is 23.7. The van der Waals surface area contributed by atoms with Crippen molar-refractivity contribution in [2.75, 3.05) is 40.3 Å². The fourth-order valence-electron chi connectivity index (χ4n) is 4.54. The van der Waals surface area contributed by atoms with E-state index in [9.17, 15) is 47.9 Å². The van der Waals surface area contributed by atoms with E-state index in [0.29, 0.717) is 18.2 Å². The number of likely N-dealkylation sites (N-methyl/N-ethyl adjacent to an activating group) is 2. The average molecular weight is 814 g/mol. The Morgan fingerprint density at radius 2 is 0.914 bits per heavy atom. The van der Waals surface area contributed by atoms with Gasteiger partial charge in [-0.3, -0.25) is 38.4 Å². The Morgan fingerprint density at radius 1 is 0.552 bits per heavy atom.